The van der Waals surface area contributed by atoms with Gasteiger partial charge in [-0.15, -0.1) is 0 Å². The Hall–Kier alpha value is -2.50. The topological polar surface area (TPSA) is 93.3 Å². The fraction of sp³-hybridized carbons (Fsp3) is 0.333. The summed E-state index contributed by atoms with van der Waals surface area (Å²) in [4.78, 5) is 26.6. The smallest absolute Gasteiger partial charge is 0.336 e. The number of aromatic nitrogens is 1. The van der Waals surface area contributed by atoms with Gasteiger partial charge in [-0.05, 0) is 37.3 Å². The van der Waals surface area contributed by atoms with Gasteiger partial charge in [-0.3, -0.25) is 15.1 Å². The maximum Gasteiger partial charge on any atom is 0.336 e. The molecular weight excluding hydrogens is 272 g/mol. The molecule has 0 unspecified atom stereocenters. The quantitative estimate of drug-likeness (QED) is 0.520. The van der Waals surface area contributed by atoms with E-state index in [1.54, 1.807) is 0 Å². The lowest BCUT2D eigenvalue weighted by Gasteiger charge is -2.12. The molecule has 1 aromatic carbocycles. The Morgan fingerprint density at radius 2 is 2.00 bits per heavy atom. The molecule has 0 saturated carbocycles. The molecular formula is C15H14N2O4. The molecule has 1 aliphatic carbocycles. The summed E-state index contributed by atoms with van der Waals surface area (Å²) in [6, 6.07) is 4.21. The predicted octanol–water partition coefficient (Wildman–Crippen LogP) is 3.11. The SMILES string of the molecule is O=C(O)c1c2c(nc3ccc([N+](=O)[O-])cc13)CCCCC2. The number of non-ortho nitro benzene ring substituents is 1. The van der Waals surface area contributed by atoms with E-state index in [-0.39, 0.29) is 11.3 Å². The van der Waals surface area contributed by atoms with E-state index >= 15 is 0 Å². The van der Waals surface area contributed by atoms with Gasteiger partial charge in [0.05, 0.1) is 16.0 Å². The number of aryl methyl sites for hydroxylation is 1. The summed E-state index contributed by atoms with van der Waals surface area (Å²) in [5.74, 6) is -1.04. The fourth-order valence-corrected chi connectivity index (χ4v) is 2.95. The van der Waals surface area contributed by atoms with Gasteiger partial charge in [0.2, 0.25) is 0 Å². The van der Waals surface area contributed by atoms with Gasteiger partial charge in [0.15, 0.2) is 0 Å². The van der Waals surface area contributed by atoms with Gasteiger partial charge in [-0.1, -0.05) is 6.42 Å². The molecule has 0 radical (unpaired) electrons. The number of benzene rings is 1. The lowest BCUT2D eigenvalue weighted by atomic mass is 9.97. The van der Waals surface area contributed by atoms with Crippen LogP contribution in [0.4, 0.5) is 5.69 Å². The molecule has 1 aromatic heterocycles. The molecule has 2 aromatic rings. The Morgan fingerprint density at radius 1 is 1.24 bits per heavy atom. The third-order valence-corrected chi connectivity index (χ3v) is 3.92. The third kappa shape index (κ3) is 2.33. The van der Waals surface area contributed by atoms with E-state index in [0.29, 0.717) is 17.3 Å². The molecule has 6 nitrogen and oxygen atoms in total. The first-order valence-corrected chi connectivity index (χ1v) is 6.91. The number of carboxylic acid groups (broad SMARTS) is 1. The van der Waals surface area contributed by atoms with Crippen LogP contribution in [0.3, 0.4) is 0 Å². The minimum Gasteiger partial charge on any atom is -0.478 e. The molecule has 3 rings (SSSR count). The van der Waals surface area contributed by atoms with Crippen molar-refractivity contribution in [1.82, 2.24) is 4.98 Å². The summed E-state index contributed by atoms with van der Waals surface area (Å²) < 4.78 is 0. The minimum atomic E-state index is -1.04. The Morgan fingerprint density at radius 3 is 2.71 bits per heavy atom. The molecule has 0 spiro atoms. The van der Waals surface area contributed by atoms with E-state index in [2.05, 4.69) is 4.98 Å². The van der Waals surface area contributed by atoms with Crippen molar-refractivity contribution in [3.05, 3.63) is 45.1 Å². The van der Waals surface area contributed by atoms with Crippen molar-refractivity contribution in [1.29, 1.82) is 0 Å². The van der Waals surface area contributed by atoms with Crippen LogP contribution in [-0.4, -0.2) is 21.0 Å². The van der Waals surface area contributed by atoms with Gasteiger partial charge >= 0.3 is 5.97 Å². The average molecular weight is 286 g/mol. The van der Waals surface area contributed by atoms with Crippen LogP contribution in [0.15, 0.2) is 18.2 Å². The van der Waals surface area contributed by atoms with Crippen molar-refractivity contribution in [2.45, 2.75) is 32.1 Å². The largest absolute Gasteiger partial charge is 0.478 e. The van der Waals surface area contributed by atoms with Gasteiger partial charge in [0.1, 0.15) is 0 Å². The molecule has 0 fully saturated rings. The van der Waals surface area contributed by atoms with E-state index in [0.717, 1.165) is 36.9 Å². The van der Waals surface area contributed by atoms with Gasteiger partial charge in [0.25, 0.3) is 5.69 Å². The van der Waals surface area contributed by atoms with Gasteiger partial charge in [-0.25, -0.2) is 4.79 Å². The van der Waals surface area contributed by atoms with E-state index in [9.17, 15) is 20.0 Å². The number of nitro benzene ring substituents is 1. The first-order chi connectivity index (χ1) is 10.1. The third-order valence-electron chi connectivity index (χ3n) is 3.92. The molecule has 0 saturated heterocycles. The minimum absolute atomic E-state index is 0.111. The zero-order valence-corrected chi connectivity index (χ0v) is 11.3. The zero-order valence-electron chi connectivity index (χ0n) is 11.3. The number of pyridine rings is 1. The fourth-order valence-electron chi connectivity index (χ4n) is 2.95. The number of carbonyl (C=O) groups is 1. The molecule has 108 valence electrons. The zero-order chi connectivity index (χ0) is 15.0. The van der Waals surface area contributed by atoms with Crippen molar-refractivity contribution in [2.75, 3.05) is 0 Å². The van der Waals surface area contributed by atoms with Gasteiger partial charge in [0, 0.05) is 23.2 Å². The summed E-state index contributed by atoms with van der Waals surface area (Å²) in [6.07, 6.45) is 4.41. The van der Waals surface area contributed by atoms with Crippen molar-refractivity contribution < 1.29 is 14.8 Å². The summed E-state index contributed by atoms with van der Waals surface area (Å²) in [7, 11) is 0. The Labute approximate surface area is 120 Å². The molecule has 6 heteroatoms. The van der Waals surface area contributed by atoms with Crippen molar-refractivity contribution in [3.63, 3.8) is 0 Å². The van der Waals surface area contributed by atoms with Crippen LogP contribution in [0.5, 0.6) is 0 Å². The maximum absolute atomic E-state index is 11.7. The summed E-state index contributed by atoms with van der Waals surface area (Å²) in [5, 5.41) is 20.8. The number of nitrogens with zero attached hydrogens (tertiary/aromatic N) is 2. The predicted molar refractivity (Wildman–Crippen MR) is 76.6 cm³/mol. The average Bonchev–Trinajstić information content (AvgIpc) is 2.68. The first-order valence-electron chi connectivity index (χ1n) is 6.91. The van der Waals surface area contributed by atoms with Crippen molar-refractivity contribution in [2.24, 2.45) is 0 Å². The summed E-state index contributed by atoms with van der Waals surface area (Å²) in [6.45, 7) is 0. The highest BCUT2D eigenvalue weighted by Gasteiger charge is 2.22. The number of hydrogen-bond acceptors (Lipinski definition) is 4. The van der Waals surface area contributed by atoms with Crippen LogP contribution in [0, 0.1) is 10.1 Å². The number of nitro groups is 1. The van der Waals surface area contributed by atoms with Crippen LogP contribution >= 0.6 is 0 Å². The molecule has 0 amide bonds. The molecule has 0 atom stereocenters. The molecule has 21 heavy (non-hydrogen) atoms. The number of rotatable bonds is 2. The van der Waals surface area contributed by atoms with Crippen LogP contribution in [-0.2, 0) is 12.8 Å². The van der Waals surface area contributed by atoms with E-state index in [1.165, 1.54) is 18.2 Å². The lowest BCUT2D eigenvalue weighted by molar-refractivity contribution is -0.384. The Balaban J connectivity index is 2.35. The van der Waals surface area contributed by atoms with Crippen LogP contribution in [0.2, 0.25) is 0 Å². The van der Waals surface area contributed by atoms with Crippen molar-refractivity contribution >= 4 is 22.6 Å². The monoisotopic (exact) mass is 286 g/mol. The van der Waals surface area contributed by atoms with Crippen LogP contribution in [0.1, 0.15) is 40.9 Å². The first kappa shape index (κ1) is 13.5. The van der Waals surface area contributed by atoms with Crippen molar-refractivity contribution in [3.8, 4) is 0 Å². The highest BCUT2D eigenvalue weighted by molar-refractivity contribution is 6.04. The van der Waals surface area contributed by atoms with Crippen LogP contribution < -0.4 is 0 Å². The highest BCUT2D eigenvalue weighted by atomic mass is 16.6. The molecule has 0 aliphatic heterocycles. The number of fused-ring (bicyclic) bond motifs is 2. The number of carboxylic acids is 1. The second-order valence-electron chi connectivity index (χ2n) is 5.24. The van der Waals surface area contributed by atoms with Gasteiger partial charge in [-0.2, -0.15) is 0 Å². The Bertz CT molecular complexity index is 755. The second kappa shape index (κ2) is 5.12. The van der Waals surface area contributed by atoms with Gasteiger partial charge < -0.3 is 5.11 Å². The normalized spacial score (nSPS) is 14.5. The highest BCUT2D eigenvalue weighted by Crippen LogP contribution is 2.30. The Kier molecular flexibility index (Phi) is 3.29. The summed E-state index contributed by atoms with van der Waals surface area (Å²) in [5.41, 5.74) is 2.15. The van der Waals surface area contributed by atoms with E-state index < -0.39 is 10.9 Å². The van der Waals surface area contributed by atoms with E-state index in [4.69, 9.17) is 0 Å². The van der Waals surface area contributed by atoms with E-state index in [1.807, 2.05) is 0 Å². The molecule has 1 heterocycles. The maximum atomic E-state index is 11.7. The molecule has 1 N–H and O–H groups in total. The molecule has 1 aliphatic rings. The van der Waals surface area contributed by atoms with Crippen LogP contribution in [0.25, 0.3) is 10.9 Å². The number of hydrogen-bond donors (Lipinski definition) is 1. The lowest BCUT2D eigenvalue weighted by Crippen LogP contribution is -2.09. The molecule has 0 bridgehead atoms. The second-order valence-corrected chi connectivity index (χ2v) is 5.24. The number of aromatic carboxylic acids is 1. The standard InChI is InChI=1S/C15H14N2O4/c18-15(19)14-10-4-2-1-3-5-12(10)16-13-7-6-9(17(20)21)8-11(13)14/h6-8H,1-5H2,(H,18,19). The summed E-state index contributed by atoms with van der Waals surface area (Å²) >= 11 is 0.